The summed E-state index contributed by atoms with van der Waals surface area (Å²) >= 11 is 0. The molecule has 1 unspecified atom stereocenters. The van der Waals surface area contributed by atoms with Crippen molar-refractivity contribution in [2.45, 2.75) is 25.2 Å². The highest BCUT2D eigenvalue weighted by atomic mass is 32.2. The average Bonchev–Trinajstić information content (AvgIpc) is 2.78. The molecule has 0 saturated carbocycles. The number of nitrogens with one attached hydrogen (secondary N) is 1. The molecule has 30 heavy (non-hydrogen) atoms. The molecule has 1 aliphatic heterocycles. The normalized spacial score (nSPS) is 16.2. The minimum atomic E-state index is -3.59. The first-order valence-corrected chi connectivity index (χ1v) is 11.6. The maximum Gasteiger partial charge on any atom is 0.243 e. The molecule has 0 aliphatic carbocycles. The monoisotopic (exact) mass is 431 g/mol. The fraction of sp³-hybridized carbons (Fsp3) is 0.409. The number of sulfonamides is 1. The van der Waals surface area contributed by atoms with Crippen molar-refractivity contribution in [2.75, 3.05) is 43.5 Å². The molecule has 1 aliphatic rings. The van der Waals surface area contributed by atoms with E-state index in [1.807, 2.05) is 38.1 Å². The Hall–Kier alpha value is -2.58. The van der Waals surface area contributed by atoms with Crippen LogP contribution in [-0.2, 0) is 14.8 Å². The molecule has 1 saturated heterocycles. The third kappa shape index (κ3) is 4.76. The van der Waals surface area contributed by atoms with Crippen molar-refractivity contribution >= 4 is 27.3 Å². The van der Waals surface area contributed by atoms with E-state index in [0.29, 0.717) is 31.9 Å². The van der Waals surface area contributed by atoms with E-state index < -0.39 is 10.0 Å². The second kappa shape index (κ2) is 9.49. The summed E-state index contributed by atoms with van der Waals surface area (Å²) in [5.41, 5.74) is 1.57. The van der Waals surface area contributed by atoms with Gasteiger partial charge in [0.1, 0.15) is 5.75 Å². The van der Waals surface area contributed by atoms with Crippen LogP contribution in [0, 0.1) is 5.92 Å². The number of anilines is 2. The lowest BCUT2D eigenvalue weighted by Crippen LogP contribution is -2.48. The number of carbonyl (C=O) groups is 1. The zero-order chi connectivity index (χ0) is 21.7. The second-order valence-electron chi connectivity index (χ2n) is 7.39. The second-order valence-corrected chi connectivity index (χ2v) is 9.32. The van der Waals surface area contributed by atoms with E-state index in [2.05, 4.69) is 10.2 Å². The minimum Gasteiger partial charge on any atom is -0.495 e. The van der Waals surface area contributed by atoms with Crippen molar-refractivity contribution in [3.05, 3.63) is 48.5 Å². The summed E-state index contributed by atoms with van der Waals surface area (Å²) in [6.07, 6.45) is 0.749. The molecule has 1 atom stereocenters. The number of rotatable bonds is 7. The molecular weight excluding hydrogens is 402 g/mol. The number of para-hydroxylation sites is 2. The molecule has 7 nitrogen and oxygen atoms in total. The summed E-state index contributed by atoms with van der Waals surface area (Å²) in [5.74, 6) is 0.623. The molecule has 0 radical (unpaired) electrons. The van der Waals surface area contributed by atoms with Gasteiger partial charge in [0, 0.05) is 37.8 Å². The van der Waals surface area contributed by atoms with Crippen molar-refractivity contribution in [2.24, 2.45) is 5.92 Å². The van der Waals surface area contributed by atoms with E-state index >= 15 is 0 Å². The van der Waals surface area contributed by atoms with E-state index in [9.17, 15) is 13.2 Å². The quantitative estimate of drug-likeness (QED) is 0.728. The van der Waals surface area contributed by atoms with Crippen LogP contribution in [0.1, 0.15) is 20.3 Å². The molecule has 0 aromatic heterocycles. The van der Waals surface area contributed by atoms with Gasteiger partial charge in [0.25, 0.3) is 0 Å². The van der Waals surface area contributed by atoms with Crippen LogP contribution in [-0.4, -0.2) is 51.9 Å². The Morgan fingerprint density at radius 3 is 2.30 bits per heavy atom. The standard InChI is InChI=1S/C22H29N3O4S/c1-4-17(2)22(26)23-18-9-11-19(12-10-18)30(27,28)25-15-13-24(14-16-25)20-7-5-6-8-21(20)29-3/h5-12,17H,4,13-16H2,1-3H3,(H,23,26). The van der Waals surface area contributed by atoms with Gasteiger partial charge in [0.15, 0.2) is 0 Å². The van der Waals surface area contributed by atoms with Crippen molar-refractivity contribution in [3.63, 3.8) is 0 Å². The number of hydrogen-bond acceptors (Lipinski definition) is 5. The van der Waals surface area contributed by atoms with Gasteiger partial charge in [-0.05, 0) is 42.8 Å². The van der Waals surface area contributed by atoms with Gasteiger partial charge >= 0.3 is 0 Å². The predicted octanol–water partition coefficient (Wildman–Crippen LogP) is 3.19. The van der Waals surface area contributed by atoms with Gasteiger partial charge in [-0.15, -0.1) is 0 Å². The van der Waals surface area contributed by atoms with Crippen LogP contribution in [0.4, 0.5) is 11.4 Å². The van der Waals surface area contributed by atoms with Crippen LogP contribution in [0.25, 0.3) is 0 Å². The van der Waals surface area contributed by atoms with Crippen LogP contribution < -0.4 is 15.0 Å². The van der Waals surface area contributed by atoms with Crippen LogP contribution >= 0.6 is 0 Å². The first-order valence-electron chi connectivity index (χ1n) is 10.2. The smallest absolute Gasteiger partial charge is 0.243 e. The molecule has 3 rings (SSSR count). The molecular formula is C22H29N3O4S. The number of hydrogen-bond donors (Lipinski definition) is 1. The number of amides is 1. The molecule has 1 N–H and O–H groups in total. The maximum absolute atomic E-state index is 13.0. The Morgan fingerprint density at radius 1 is 1.07 bits per heavy atom. The summed E-state index contributed by atoms with van der Waals surface area (Å²) in [6, 6.07) is 14.1. The molecule has 2 aromatic carbocycles. The van der Waals surface area contributed by atoms with Gasteiger partial charge in [-0.1, -0.05) is 26.0 Å². The van der Waals surface area contributed by atoms with E-state index in [1.165, 1.54) is 4.31 Å². The Bertz CT molecular complexity index is 968. The van der Waals surface area contributed by atoms with Crippen LogP contribution in [0.5, 0.6) is 5.75 Å². The third-order valence-corrected chi connectivity index (χ3v) is 7.40. The lowest BCUT2D eigenvalue weighted by atomic mass is 10.1. The molecule has 1 fully saturated rings. The highest BCUT2D eigenvalue weighted by Gasteiger charge is 2.29. The van der Waals surface area contributed by atoms with Crippen molar-refractivity contribution in [3.8, 4) is 5.75 Å². The summed E-state index contributed by atoms with van der Waals surface area (Å²) in [4.78, 5) is 14.4. The summed E-state index contributed by atoms with van der Waals surface area (Å²) in [6.45, 7) is 5.78. The van der Waals surface area contributed by atoms with Crippen LogP contribution in [0.3, 0.4) is 0 Å². The van der Waals surface area contributed by atoms with Crippen molar-refractivity contribution < 1.29 is 17.9 Å². The summed E-state index contributed by atoms with van der Waals surface area (Å²) < 4.78 is 33.0. The Balaban J connectivity index is 1.66. The first kappa shape index (κ1) is 22.1. The molecule has 2 aromatic rings. The largest absolute Gasteiger partial charge is 0.495 e. The number of methoxy groups -OCH3 is 1. The SMILES string of the molecule is CCC(C)C(=O)Nc1ccc(S(=O)(=O)N2CCN(c3ccccc3OC)CC2)cc1. The molecule has 1 heterocycles. The zero-order valence-electron chi connectivity index (χ0n) is 17.7. The van der Waals surface area contributed by atoms with Gasteiger partial charge in [0.05, 0.1) is 17.7 Å². The number of piperazine rings is 1. The number of nitrogens with zero attached hydrogens (tertiary/aromatic N) is 2. The highest BCUT2D eigenvalue weighted by Crippen LogP contribution is 2.29. The number of carbonyl (C=O) groups excluding carboxylic acids is 1. The van der Waals surface area contributed by atoms with E-state index in [1.54, 1.807) is 31.4 Å². The molecule has 8 heteroatoms. The minimum absolute atomic E-state index is 0.0689. The predicted molar refractivity (Wildman–Crippen MR) is 118 cm³/mol. The number of benzene rings is 2. The molecule has 1 amide bonds. The average molecular weight is 432 g/mol. The topological polar surface area (TPSA) is 79.0 Å². The van der Waals surface area contributed by atoms with Crippen molar-refractivity contribution in [1.29, 1.82) is 0 Å². The van der Waals surface area contributed by atoms with E-state index in [4.69, 9.17) is 4.74 Å². The Labute approximate surface area is 178 Å². The van der Waals surface area contributed by atoms with Gasteiger partial charge < -0.3 is 15.0 Å². The van der Waals surface area contributed by atoms with E-state index in [-0.39, 0.29) is 16.7 Å². The summed E-state index contributed by atoms with van der Waals surface area (Å²) in [7, 11) is -1.95. The Morgan fingerprint density at radius 2 is 1.70 bits per heavy atom. The fourth-order valence-electron chi connectivity index (χ4n) is 3.37. The van der Waals surface area contributed by atoms with Crippen LogP contribution in [0.2, 0.25) is 0 Å². The van der Waals surface area contributed by atoms with Gasteiger partial charge in [-0.2, -0.15) is 4.31 Å². The lowest BCUT2D eigenvalue weighted by molar-refractivity contribution is -0.119. The van der Waals surface area contributed by atoms with Crippen molar-refractivity contribution in [1.82, 2.24) is 4.31 Å². The van der Waals surface area contributed by atoms with Gasteiger partial charge in [-0.3, -0.25) is 4.79 Å². The molecule has 162 valence electrons. The maximum atomic E-state index is 13.0. The zero-order valence-corrected chi connectivity index (χ0v) is 18.5. The molecule has 0 bridgehead atoms. The third-order valence-electron chi connectivity index (χ3n) is 5.48. The van der Waals surface area contributed by atoms with E-state index in [0.717, 1.165) is 17.9 Å². The van der Waals surface area contributed by atoms with Crippen LogP contribution in [0.15, 0.2) is 53.4 Å². The van der Waals surface area contributed by atoms with Gasteiger partial charge in [-0.25, -0.2) is 8.42 Å². The summed E-state index contributed by atoms with van der Waals surface area (Å²) in [5, 5.41) is 2.82. The van der Waals surface area contributed by atoms with Gasteiger partial charge in [0.2, 0.25) is 15.9 Å². The molecule has 0 spiro atoms. The highest BCUT2D eigenvalue weighted by molar-refractivity contribution is 7.89. The fourth-order valence-corrected chi connectivity index (χ4v) is 4.79. The first-order chi connectivity index (χ1) is 14.4. The Kier molecular flexibility index (Phi) is 6.99. The number of ether oxygens (including phenoxy) is 1. The lowest BCUT2D eigenvalue weighted by Gasteiger charge is -2.35.